The maximum Gasteiger partial charge on any atom is 0.254 e. The molecule has 2 heterocycles. The van der Waals surface area contributed by atoms with Crippen LogP contribution in [0.1, 0.15) is 37.0 Å². The summed E-state index contributed by atoms with van der Waals surface area (Å²) >= 11 is 0. The van der Waals surface area contributed by atoms with Crippen LogP contribution in [0.4, 0.5) is 0 Å². The van der Waals surface area contributed by atoms with E-state index in [0.29, 0.717) is 5.56 Å². The molecule has 92 valence electrons. The first kappa shape index (κ1) is 12.0. The molecule has 0 radical (unpaired) electrons. The SMILES string of the molecule is CC1(C)C(N)CCCN1C(=O)c1ccncc1. The van der Waals surface area contributed by atoms with Gasteiger partial charge in [0.25, 0.3) is 5.91 Å². The van der Waals surface area contributed by atoms with Gasteiger partial charge in [-0.25, -0.2) is 0 Å². The van der Waals surface area contributed by atoms with Crippen molar-refractivity contribution in [3.63, 3.8) is 0 Å². The average molecular weight is 233 g/mol. The minimum absolute atomic E-state index is 0.0436. The second-order valence-corrected chi connectivity index (χ2v) is 5.10. The number of carbonyl (C=O) groups excluding carboxylic acids is 1. The van der Waals surface area contributed by atoms with Crippen LogP contribution >= 0.6 is 0 Å². The third-order valence-electron chi connectivity index (χ3n) is 3.67. The summed E-state index contributed by atoms with van der Waals surface area (Å²) in [7, 11) is 0. The number of nitrogens with two attached hydrogens (primary N) is 1. The highest BCUT2D eigenvalue weighted by Gasteiger charge is 2.39. The van der Waals surface area contributed by atoms with Crippen molar-refractivity contribution in [3.05, 3.63) is 30.1 Å². The van der Waals surface area contributed by atoms with Crippen molar-refractivity contribution in [1.82, 2.24) is 9.88 Å². The van der Waals surface area contributed by atoms with E-state index in [2.05, 4.69) is 4.98 Å². The number of hydrogen-bond donors (Lipinski definition) is 1. The van der Waals surface area contributed by atoms with Crippen LogP contribution in [0, 0.1) is 0 Å². The summed E-state index contributed by atoms with van der Waals surface area (Å²) in [5.74, 6) is 0.0487. The molecular weight excluding hydrogens is 214 g/mol. The van der Waals surface area contributed by atoms with E-state index < -0.39 is 0 Å². The van der Waals surface area contributed by atoms with Crippen LogP contribution in [0.15, 0.2) is 24.5 Å². The van der Waals surface area contributed by atoms with E-state index in [1.165, 1.54) is 0 Å². The summed E-state index contributed by atoms with van der Waals surface area (Å²) in [6, 6.07) is 3.54. The minimum Gasteiger partial charge on any atom is -0.332 e. The van der Waals surface area contributed by atoms with Gasteiger partial charge in [-0.2, -0.15) is 0 Å². The summed E-state index contributed by atoms with van der Waals surface area (Å²) in [4.78, 5) is 18.2. The minimum atomic E-state index is -0.279. The molecule has 17 heavy (non-hydrogen) atoms. The summed E-state index contributed by atoms with van der Waals surface area (Å²) < 4.78 is 0. The molecule has 4 heteroatoms. The Morgan fingerprint density at radius 2 is 2.12 bits per heavy atom. The fraction of sp³-hybridized carbons (Fsp3) is 0.538. The molecule has 2 rings (SSSR count). The topological polar surface area (TPSA) is 59.2 Å². The highest BCUT2D eigenvalue weighted by atomic mass is 16.2. The molecular formula is C13H19N3O. The Hall–Kier alpha value is -1.42. The lowest BCUT2D eigenvalue weighted by atomic mass is 9.85. The lowest BCUT2D eigenvalue weighted by molar-refractivity contribution is 0.0362. The maximum absolute atomic E-state index is 12.4. The normalized spacial score (nSPS) is 23.5. The van der Waals surface area contributed by atoms with Gasteiger partial charge in [0, 0.05) is 30.5 Å². The fourth-order valence-electron chi connectivity index (χ4n) is 2.32. The Bertz CT molecular complexity index is 402. The quantitative estimate of drug-likeness (QED) is 0.798. The van der Waals surface area contributed by atoms with E-state index in [1.807, 2.05) is 18.7 Å². The molecule has 0 spiro atoms. The molecule has 1 fully saturated rings. The van der Waals surface area contributed by atoms with E-state index in [-0.39, 0.29) is 17.5 Å². The zero-order valence-electron chi connectivity index (χ0n) is 10.4. The molecule has 1 atom stereocenters. The molecule has 1 unspecified atom stereocenters. The van der Waals surface area contributed by atoms with E-state index >= 15 is 0 Å². The summed E-state index contributed by atoms with van der Waals surface area (Å²) in [6.07, 6.45) is 5.24. The van der Waals surface area contributed by atoms with Crippen molar-refractivity contribution < 1.29 is 4.79 Å². The molecule has 1 aliphatic heterocycles. The summed E-state index contributed by atoms with van der Waals surface area (Å²) in [5, 5.41) is 0. The molecule has 4 nitrogen and oxygen atoms in total. The van der Waals surface area contributed by atoms with Gasteiger partial charge in [-0.15, -0.1) is 0 Å². The van der Waals surface area contributed by atoms with Gasteiger partial charge in [-0.3, -0.25) is 9.78 Å². The van der Waals surface area contributed by atoms with Crippen LogP contribution in [0.25, 0.3) is 0 Å². The van der Waals surface area contributed by atoms with E-state index in [0.717, 1.165) is 19.4 Å². The number of likely N-dealkylation sites (tertiary alicyclic amines) is 1. The van der Waals surface area contributed by atoms with Crippen molar-refractivity contribution >= 4 is 5.91 Å². The third-order valence-corrected chi connectivity index (χ3v) is 3.67. The lowest BCUT2D eigenvalue weighted by Crippen LogP contribution is -2.61. The van der Waals surface area contributed by atoms with Gasteiger partial charge in [0.2, 0.25) is 0 Å². The Labute approximate surface area is 102 Å². The van der Waals surface area contributed by atoms with Gasteiger partial charge in [0.05, 0.1) is 5.54 Å². The van der Waals surface area contributed by atoms with Gasteiger partial charge >= 0.3 is 0 Å². The molecule has 0 saturated carbocycles. The summed E-state index contributed by atoms with van der Waals surface area (Å²) in [5.41, 5.74) is 6.52. The van der Waals surface area contributed by atoms with E-state index in [9.17, 15) is 4.79 Å². The van der Waals surface area contributed by atoms with Crippen LogP contribution in [0.3, 0.4) is 0 Å². The van der Waals surface area contributed by atoms with Gasteiger partial charge < -0.3 is 10.6 Å². The molecule has 0 aromatic carbocycles. The second-order valence-electron chi connectivity index (χ2n) is 5.10. The number of nitrogens with zero attached hydrogens (tertiary/aromatic N) is 2. The maximum atomic E-state index is 12.4. The smallest absolute Gasteiger partial charge is 0.254 e. The predicted octanol–water partition coefficient (Wildman–Crippen LogP) is 1.42. The molecule has 1 aliphatic rings. The van der Waals surface area contributed by atoms with Crippen LogP contribution in [0.2, 0.25) is 0 Å². The number of aromatic nitrogens is 1. The largest absolute Gasteiger partial charge is 0.332 e. The van der Waals surface area contributed by atoms with E-state index in [1.54, 1.807) is 24.5 Å². The molecule has 1 aromatic heterocycles. The van der Waals surface area contributed by atoms with Crippen molar-refractivity contribution in [2.75, 3.05) is 6.54 Å². The molecule has 1 aromatic rings. The number of pyridine rings is 1. The summed E-state index contributed by atoms with van der Waals surface area (Å²) in [6.45, 7) is 4.85. The standard InChI is InChI=1S/C13H19N3O/c1-13(2)11(14)4-3-9-16(13)12(17)10-5-7-15-8-6-10/h5-8,11H,3-4,9,14H2,1-2H3. The van der Waals surface area contributed by atoms with Crippen LogP contribution in [-0.2, 0) is 0 Å². The van der Waals surface area contributed by atoms with Crippen molar-refractivity contribution in [2.24, 2.45) is 5.73 Å². The zero-order chi connectivity index (χ0) is 12.5. The van der Waals surface area contributed by atoms with Gasteiger partial charge in [0.15, 0.2) is 0 Å². The zero-order valence-corrected chi connectivity index (χ0v) is 10.4. The lowest BCUT2D eigenvalue weighted by Gasteiger charge is -2.46. The number of piperidine rings is 1. The third kappa shape index (κ3) is 2.17. The molecule has 2 N–H and O–H groups in total. The number of carbonyl (C=O) groups is 1. The fourth-order valence-corrected chi connectivity index (χ4v) is 2.32. The van der Waals surface area contributed by atoms with Gasteiger partial charge in [0.1, 0.15) is 0 Å². The number of rotatable bonds is 1. The monoisotopic (exact) mass is 233 g/mol. The van der Waals surface area contributed by atoms with Gasteiger partial charge in [-0.1, -0.05) is 0 Å². The van der Waals surface area contributed by atoms with Crippen LogP contribution in [-0.4, -0.2) is 33.9 Å². The Morgan fingerprint density at radius 1 is 1.47 bits per heavy atom. The highest BCUT2D eigenvalue weighted by Crippen LogP contribution is 2.27. The Kier molecular flexibility index (Phi) is 3.15. The number of hydrogen-bond acceptors (Lipinski definition) is 3. The molecule has 1 saturated heterocycles. The molecule has 0 aliphatic carbocycles. The van der Waals surface area contributed by atoms with E-state index in [4.69, 9.17) is 5.73 Å². The second kappa shape index (κ2) is 4.45. The van der Waals surface area contributed by atoms with Crippen molar-refractivity contribution in [2.45, 2.75) is 38.3 Å². The van der Waals surface area contributed by atoms with Crippen LogP contribution < -0.4 is 5.73 Å². The first-order valence-corrected chi connectivity index (χ1v) is 6.01. The average Bonchev–Trinajstić information content (AvgIpc) is 2.33. The molecule has 1 amide bonds. The predicted molar refractivity (Wildman–Crippen MR) is 66.6 cm³/mol. The number of amides is 1. The molecule has 0 bridgehead atoms. The van der Waals surface area contributed by atoms with Crippen molar-refractivity contribution in [1.29, 1.82) is 0 Å². The first-order chi connectivity index (χ1) is 8.03. The van der Waals surface area contributed by atoms with Crippen LogP contribution in [0.5, 0.6) is 0 Å². The van der Waals surface area contributed by atoms with Crippen molar-refractivity contribution in [3.8, 4) is 0 Å². The first-order valence-electron chi connectivity index (χ1n) is 6.01. The van der Waals surface area contributed by atoms with Gasteiger partial charge in [-0.05, 0) is 38.8 Å². The highest BCUT2D eigenvalue weighted by molar-refractivity contribution is 5.94. The Morgan fingerprint density at radius 3 is 2.76 bits per heavy atom. The Balaban J connectivity index is 2.25.